The second-order valence-electron chi connectivity index (χ2n) is 7.83. The predicted octanol–water partition coefficient (Wildman–Crippen LogP) is 2.61. The van der Waals surface area contributed by atoms with Crippen molar-refractivity contribution in [2.24, 2.45) is 0 Å². The number of hydrogen-bond acceptors (Lipinski definition) is 5. The van der Waals surface area contributed by atoms with E-state index in [1.165, 1.54) is 0 Å². The Hall–Kier alpha value is -1.52. The first-order valence-electron chi connectivity index (χ1n) is 10.9. The van der Waals surface area contributed by atoms with E-state index in [0.717, 1.165) is 49.3 Å². The third kappa shape index (κ3) is 5.64. The Balaban J connectivity index is 1.45. The summed E-state index contributed by atoms with van der Waals surface area (Å²) in [7, 11) is 3.44. The first kappa shape index (κ1) is 24.1. The normalized spacial score (nSPS) is 24.0. The number of quaternary nitrogens is 1. The van der Waals surface area contributed by atoms with Crippen molar-refractivity contribution in [3.8, 4) is 11.5 Å². The Bertz CT molecular complexity index is 779. The molecule has 0 bridgehead atoms. The highest BCUT2D eigenvalue weighted by Gasteiger charge is 2.46. The topological polar surface area (TPSA) is 72.8 Å². The summed E-state index contributed by atoms with van der Waals surface area (Å²) in [4.78, 5) is 0. The van der Waals surface area contributed by atoms with Crippen LogP contribution in [0, 0.1) is 5.21 Å². The number of likely N-dealkylation sites (N-methyl/N-ethyl adjacent to an activating group) is 1. The van der Waals surface area contributed by atoms with Crippen molar-refractivity contribution in [1.82, 2.24) is 13.0 Å². The summed E-state index contributed by atoms with van der Waals surface area (Å²) in [6.07, 6.45) is 5.00. The second-order valence-corrected chi connectivity index (χ2v) is 9.72. The Morgan fingerprint density at radius 2 is 1.87 bits per heavy atom. The lowest BCUT2D eigenvalue weighted by Gasteiger charge is -2.35. The molecule has 8 nitrogen and oxygen atoms in total. The molecule has 0 radical (unpaired) electrons. The van der Waals surface area contributed by atoms with Crippen LogP contribution < -0.4 is 14.5 Å². The Kier molecular flexibility index (Phi) is 8.85. The third-order valence-corrected chi connectivity index (χ3v) is 7.41. The fraction of sp³-hybridized carbons (Fsp3) is 0.619. The summed E-state index contributed by atoms with van der Waals surface area (Å²) in [6, 6.07) is 7.56. The number of halogens is 1. The minimum atomic E-state index is -1.36. The van der Waals surface area contributed by atoms with Gasteiger partial charge in [-0.1, -0.05) is 19.8 Å². The van der Waals surface area contributed by atoms with Crippen LogP contribution in [0.25, 0.3) is 0 Å². The zero-order valence-corrected chi connectivity index (χ0v) is 20.1. The van der Waals surface area contributed by atoms with Crippen LogP contribution in [0.15, 0.2) is 35.8 Å². The van der Waals surface area contributed by atoms with Crippen molar-refractivity contribution in [1.29, 1.82) is 0 Å². The highest BCUT2D eigenvalue weighted by atomic mass is 35.5. The Morgan fingerprint density at radius 3 is 2.55 bits per heavy atom. The van der Waals surface area contributed by atoms with Gasteiger partial charge in [0, 0.05) is 31.8 Å². The van der Waals surface area contributed by atoms with Crippen molar-refractivity contribution in [3.05, 3.63) is 41.0 Å². The Morgan fingerprint density at radius 1 is 1.19 bits per heavy atom. The van der Waals surface area contributed by atoms with Crippen molar-refractivity contribution in [2.75, 3.05) is 33.9 Å². The summed E-state index contributed by atoms with van der Waals surface area (Å²) in [6.45, 7) is 3.69. The fourth-order valence-corrected chi connectivity index (χ4v) is 5.42. The van der Waals surface area contributed by atoms with E-state index < -0.39 is 11.2 Å². The third-order valence-electron chi connectivity index (χ3n) is 5.56. The lowest BCUT2D eigenvalue weighted by molar-refractivity contribution is -0.844. The van der Waals surface area contributed by atoms with Crippen molar-refractivity contribution >= 4 is 22.9 Å². The number of unbranched alkanes of at least 4 members (excludes halogenated alkanes) is 3. The van der Waals surface area contributed by atoms with Crippen LogP contribution >= 0.6 is 11.8 Å². The number of hydrogen-bond donors (Lipinski definition) is 1. The van der Waals surface area contributed by atoms with Gasteiger partial charge in [0.2, 0.25) is 17.0 Å². The minimum absolute atomic E-state index is 0.00110. The van der Waals surface area contributed by atoms with Crippen molar-refractivity contribution < 1.29 is 18.7 Å². The molecule has 10 heteroatoms. The lowest BCUT2D eigenvalue weighted by atomic mass is 10.2. The van der Waals surface area contributed by atoms with Gasteiger partial charge in [-0.2, -0.15) is 0 Å². The van der Waals surface area contributed by atoms with E-state index in [9.17, 15) is 9.42 Å². The lowest BCUT2D eigenvalue weighted by Crippen LogP contribution is -3.10. The number of ether oxygens (including phenoxy) is 2. The SMILES string of the molecule is CCCC1N(Cl)C2=C(N(CCCCCCOc3ccc(OC)cc3)S(=O)N(C)C2)[NH+]1[O-]. The monoisotopic (exact) mass is 472 g/mol. The van der Waals surface area contributed by atoms with Gasteiger partial charge in [0.05, 0.1) is 20.3 Å². The maximum Gasteiger partial charge on any atom is 0.239 e. The maximum atomic E-state index is 12.9. The molecule has 0 saturated carbocycles. The average molecular weight is 473 g/mol. The van der Waals surface area contributed by atoms with E-state index in [0.29, 0.717) is 31.9 Å². The smallest absolute Gasteiger partial charge is 0.239 e. The standard InChI is InChI=1S/C21H33ClN4O4S/c1-4-9-20-25(22)19-16-23(2)31(28)24(21(19)26(20)27)14-7-5-6-8-15-30-18-12-10-17(29-3)11-13-18/h10-13,20,26H,4-9,14-16H2,1-3H3. The van der Waals surface area contributed by atoms with E-state index in [1.54, 1.807) is 27.2 Å². The van der Waals surface area contributed by atoms with Gasteiger partial charge in [-0.3, -0.25) is 0 Å². The summed E-state index contributed by atoms with van der Waals surface area (Å²) in [5.41, 5.74) is 0.778. The molecular formula is C21H33ClN4O4S. The first-order chi connectivity index (χ1) is 15.0. The van der Waals surface area contributed by atoms with Crippen LogP contribution in [-0.2, 0) is 11.2 Å². The molecule has 174 valence electrons. The molecule has 0 aliphatic carbocycles. The van der Waals surface area contributed by atoms with E-state index in [4.69, 9.17) is 21.3 Å². The van der Waals surface area contributed by atoms with Gasteiger partial charge < -0.3 is 19.7 Å². The molecule has 3 unspecified atom stereocenters. The maximum absolute atomic E-state index is 12.9. The fourth-order valence-electron chi connectivity index (χ4n) is 3.89. The molecule has 31 heavy (non-hydrogen) atoms. The number of rotatable bonds is 11. The van der Waals surface area contributed by atoms with Crippen molar-refractivity contribution in [2.45, 2.75) is 51.6 Å². The van der Waals surface area contributed by atoms with E-state index in [-0.39, 0.29) is 11.2 Å². The molecule has 2 heterocycles. The van der Waals surface area contributed by atoms with E-state index in [1.807, 2.05) is 31.2 Å². The van der Waals surface area contributed by atoms with Crippen LogP contribution in [0.1, 0.15) is 45.4 Å². The molecule has 0 saturated heterocycles. The molecule has 2 aliphatic heterocycles. The average Bonchev–Trinajstić information content (AvgIpc) is 3.00. The van der Waals surface area contributed by atoms with Crippen LogP contribution in [-0.4, -0.2) is 57.3 Å². The zero-order valence-electron chi connectivity index (χ0n) is 18.5. The molecule has 1 N–H and O–H groups in total. The van der Waals surface area contributed by atoms with Gasteiger partial charge >= 0.3 is 0 Å². The summed E-state index contributed by atoms with van der Waals surface area (Å²) in [5.74, 6) is 2.19. The summed E-state index contributed by atoms with van der Waals surface area (Å²) < 4.78 is 28.8. The van der Waals surface area contributed by atoms with Gasteiger partial charge in [0.25, 0.3) is 0 Å². The van der Waals surface area contributed by atoms with Crippen LogP contribution in [0.4, 0.5) is 0 Å². The zero-order chi connectivity index (χ0) is 22.4. The van der Waals surface area contributed by atoms with Crippen LogP contribution in [0.5, 0.6) is 11.5 Å². The molecule has 1 aromatic carbocycles. The number of nitrogens with zero attached hydrogens (tertiary/aromatic N) is 3. The summed E-state index contributed by atoms with van der Waals surface area (Å²) >= 11 is 5.11. The molecule has 3 rings (SSSR count). The van der Waals surface area contributed by atoms with Crippen LogP contribution in [0.3, 0.4) is 0 Å². The first-order valence-corrected chi connectivity index (χ1v) is 12.3. The summed E-state index contributed by atoms with van der Waals surface area (Å²) in [5, 5.41) is 12.9. The van der Waals surface area contributed by atoms with E-state index >= 15 is 0 Å². The molecule has 0 amide bonds. The number of benzene rings is 1. The van der Waals surface area contributed by atoms with Gasteiger partial charge in [-0.25, -0.2) is 17.2 Å². The number of nitrogens with one attached hydrogen (secondary N) is 1. The highest BCUT2D eigenvalue weighted by Crippen LogP contribution is 2.29. The molecule has 0 spiro atoms. The second kappa shape index (κ2) is 11.4. The number of hydroxylamine groups is 2. The van der Waals surface area contributed by atoms with Gasteiger partial charge in [0.1, 0.15) is 17.2 Å². The van der Waals surface area contributed by atoms with Crippen molar-refractivity contribution in [3.63, 3.8) is 0 Å². The molecule has 1 aromatic rings. The van der Waals surface area contributed by atoms with Crippen LogP contribution in [0.2, 0.25) is 0 Å². The minimum Gasteiger partial charge on any atom is -0.626 e. The number of methoxy groups -OCH3 is 1. The molecule has 2 aliphatic rings. The van der Waals surface area contributed by atoms with Gasteiger partial charge in [-0.15, -0.1) is 0 Å². The molecule has 0 aromatic heterocycles. The molecule has 3 atom stereocenters. The predicted molar refractivity (Wildman–Crippen MR) is 122 cm³/mol. The highest BCUT2D eigenvalue weighted by molar-refractivity contribution is 7.80. The molecular weight excluding hydrogens is 440 g/mol. The van der Waals surface area contributed by atoms with E-state index in [2.05, 4.69) is 0 Å². The van der Waals surface area contributed by atoms with Gasteiger partial charge in [-0.05, 0) is 43.5 Å². The quantitative estimate of drug-likeness (QED) is 0.304. The largest absolute Gasteiger partial charge is 0.626 e. The van der Waals surface area contributed by atoms with Gasteiger partial charge in [0.15, 0.2) is 6.17 Å². The molecule has 0 fully saturated rings. The Labute approximate surface area is 192 Å².